The van der Waals surface area contributed by atoms with Crippen molar-refractivity contribution in [2.75, 3.05) is 5.75 Å². The normalized spacial score (nSPS) is 11.0. The fourth-order valence-corrected chi connectivity index (χ4v) is 2.79. The van der Waals surface area contributed by atoms with Crippen LogP contribution in [0.25, 0.3) is 0 Å². The molecule has 0 atom stereocenters. The Morgan fingerprint density at radius 2 is 2.13 bits per heavy atom. The third-order valence-electron chi connectivity index (χ3n) is 1.99. The van der Waals surface area contributed by atoms with Crippen LogP contribution >= 0.6 is 35.0 Å². The maximum atomic E-state index is 6.03. The van der Waals surface area contributed by atoms with E-state index in [0.717, 1.165) is 23.0 Å². The zero-order valence-electron chi connectivity index (χ0n) is 8.96. The van der Waals surface area contributed by atoms with Crippen LogP contribution in [0.3, 0.4) is 0 Å². The summed E-state index contributed by atoms with van der Waals surface area (Å²) < 4.78 is 0. The van der Waals surface area contributed by atoms with Gasteiger partial charge >= 0.3 is 0 Å². The second-order valence-electron chi connectivity index (χ2n) is 3.83. The first-order valence-corrected chi connectivity index (χ1v) is 6.88. The van der Waals surface area contributed by atoms with Crippen LogP contribution in [0.1, 0.15) is 25.8 Å². The Bertz CT molecular complexity index is 315. The highest BCUT2D eigenvalue weighted by atomic mass is 35.5. The summed E-state index contributed by atoms with van der Waals surface area (Å²) >= 11 is 13.6. The largest absolute Gasteiger partial charge is 0.244 e. The van der Waals surface area contributed by atoms with Gasteiger partial charge in [-0.25, -0.2) is 4.98 Å². The minimum absolute atomic E-state index is 0.455. The van der Waals surface area contributed by atoms with Crippen molar-refractivity contribution in [3.8, 4) is 0 Å². The number of thioether (sulfide) groups is 1. The van der Waals surface area contributed by atoms with Crippen LogP contribution in [-0.4, -0.2) is 10.7 Å². The summed E-state index contributed by atoms with van der Waals surface area (Å²) in [7, 11) is 0. The molecule has 0 aliphatic rings. The first-order valence-electron chi connectivity index (χ1n) is 4.97. The van der Waals surface area contributed by atoms with E-state index >= 15 is 0 Å². The standard InChI is InChI=1S/C11H15Cl2NS/c1-8(2)3-4-15-7-9-6-14-11(13)5-10(9)12/h5-6,8H,3-4,7H2,1-2H3. The van der Waals surface area contributed by atoms with E-state index in [1.54, 1.807) is 12.3 Å². The van der Waals surface area contributed by atoms with Crippen LogP contribution in [0.5, 0.6) is 0 Å². The third kappa shape index (κ3) is 5.10. The SMILES string of the molecule is CC(C)CCSCc1cnc(Cl)cc1Cl. The van der Waals surface area contributed by atoms with Crippen LogP contribution in [0, 0.1) is 5.92 Å². The summed E-state index contributed by atoms with van der Waals surface area (Å²) in [5.41, 5.74) is 1.06. The molecule has 0 saturated heterocycles. The van der Waals surface area contributed by atoms with Gasteiger partial charge in [-0.3, -0.25) is 0 Å². The lowest BCUT2D eigenvalue weighted by Crippen LogP contribution is -1.91. The Labute approximate surface area is 106 Å². The lowest BCUT2D eigenvalue weighted by Gasteiger charge is -2.05. The molecule has 15 heavy (non-hydrogen) atoms. The van der Waals surface area contributed by atoms with Crippen molar-refractivity contribution in [1.29, 1.82) is 0 Å². The molecule has 1 aromatic rings. The molecule has 0 aliphatic carbocycles. The van der Waals surface area contributed by atoms with Crippen LogP contribution in [0.2, 0.25) is 10.2 Å². The zero-order chi connectivity index (χ0) is 11.3. The number of halogens is 2. The monoisotopic (exact) mass is 263 g/mol. The van der Waals surface area contributed by atoms with E-state index < -0.39 is 0 Å². The molecule has 0 amide bonds. The summed E-state index contributed by atoms with van der Waals surface area (Å²) in [6.45, 7) is 4.47. The summed E-state index contributed by atoms with van der Waals surface area (Å²) in [5, 5.41) is 1.17. The highest BCUT2D eigenvalue weighted by Gasteiger charge is 2.02. The van der Waals surface area contributed by atoms with Gasteiger partial charge in [-0.05, 0) is 29.7 Å². The van der Waals surface area contributed by atoms with Gasteiger partial charge in [0.15, 0.2) is 0 Å². The summed E-state index contributed by atoms with van der Waals surface area (Å²) in [4.78, 5) is 4.02. The molecule has 84 valence electrons. The first-order chi connectivity index (χ1) is 7.09. The predicted molar refractivity (Wildman–Crippen MR) is 69.9 cm³/mol. The topological polar surface area (TPSA) is 12.9 Å². The van der Waals surface area contributed by atoms with Crippen LogP contribution in [0.4, 0.5) is 0 Å². The van der Waals surface area contributed by atoms with Gasteiger partial charge in [-0.15, -0.1) is 0 Å². The zero-order valence-corrected chi connectivity index (χ0v) is 11.3. The van der Waals surface area contributed by atoms with Crippen molar-refractivity contribution in [3.63, 3.8) is 0 Å². The van der Waals surface area contributed by atoms with Gasteiger partial charge in [-0.1, -0.05) is 37.0 Å². The summed E-state index contributed by atoms with van der Waals surface area (Å²) in [6, 6.07) is 1.70. The predicted octanol–water partition coefficient (Wildman–Crippen LogP) is 4.67. The quantitative estimate of drug-likeness (QED) is 0.566. The van der Waals surface area contributed by atoms with Gasteiger partial charge < -0.3 is 0 Å². The molecule has 1 aromatic heterocycles. The van der Waals surface area contributed by atoms with Crippen molar-refractivity contribution in [3.05, 3.63) is 28.0 Å². The fraction of sp³-hybridized carbons (Fsp3) is 0.545. The number of hydrogen-bond donors (Lipinski definition) is 0. The van der Waals surface area contributed by atoms with E-state index in [2.05, 4.69) is 18.8 Å². The number of rotatable bonds is 5. The number of hydrogen-bond acceptors (Lipinski definition) is 2. The minimum Gasteiger partial charge on any atom is -0.244 e. The molecule has 0 aromatic carbocycles. The second-order valence-corrected chi connectivity index (χ2v) is 5.73. The van der Waals surface area contributed by atoms with Crippen molar-refractivity contribution in [1.82, 2.24) is 4.98 Å². The van der Waals surface area contributed by atoms with E-state index in [-0.39, 0.29) is 0 Å². The molecular weight excluding hydrogens is 249 g/mol. The third-order valence-corrected chi connectivity index (χ3v) is 3.59. The fourth-order valence-electron chi connectivity index (χ4n) is 1.04. The lowest BCUT2D eigenvalue weighted by atomic mass is 10.2. The molecule has 0 N–H and O–H groups in total. The van der Waals surface area contributed by atoms with Gasteiger partial charge in [0, 0.05) is 17.0 Å². The molecule has 1 nitrogen and oxygen atoms in total. The van der Waals surface area contributed by atoms with Crippen molar-refractivity contribution in [2.24, 2.45) is 5.92 Å². The van der Waals surface area contributed by atoms with Gasteiger partial charge in [0.25, 0.3) is 0 Å². The second kappa shape index (κ2) is 6.62. The Balaban J connectivity index is 2.37. The Kier molecular flexibility index (Phi) is 5.80. The van der Waals surface area contributed by atoms with Gasteiger partial charge in [0.1, 0.15) is 5.15 Å². The van der Waals surface area contributed by atoms with Crippen molar-refractivity contribution < 1.29 is 0 Å². The molecule has 4 heteroatoms. The molecule has 0 spiro atoms. The van der Waals surface area contributed by atoms with E-state index in [0.29, 0.717) is 10.2 Å². The van der Waals surface area contributed by atoms with Crippen molar-refractivity contribution in [2.45, 2.75) is 26.0 Å². The lowest BCUT2D eigenvalue weighted by molar-refractivity contribution is 0.632. The van der Waals surface area contributed by atoms with Crippen LogP contribution in [-0.2, 0) is 5.75 Å². The number of aromatic nitrogens is 1. The highest BCUT2D eigenvalue weighted by Crippen LogP contribution is 2.23. The van der Waals surface area contributed by atoms with E-state index in [4.69, 9.17) is 23.2 Å². The van der Waals surface area contributed by atoms with Crippen LogP contribution in [0.15, 0.2) is 12.3 Å². The molecule has 1 heterocycles. The minimum atomic E-state index is 0.455. The molecule has 1 rings (SSSR count). The van der Waals surface area contributed by atoms with E-state index in [1.807, 2.05) is 11.8 Å². The average Bonchev–Trinajstić information content (AvgIpc) is 2.14. The highest BCUT2D eigenvalue weighted by molar-refractivity contribution is 7.98. The van der Waals surface area contributed by atoms with Gasteiger partial charge in [0.05, 0.1) is 0 Å². The molecule has 0 aliphatic heterocycles. The molecule has 0 fully saturated rings. The van der Waals surface area contributed by atoms with Gasteiger partial charge in [-0.2, -0.15) is 11.8 Å². The van der Waals surface area contributed by atoms with Gasteiger partial charge in [0.2, 0.25) is 0 Å². The molecular formula is C11H15Cl2NS. The molecule has 0 bridgehead atoms. The molecule has 0 radical (unpaired) electrons. The maximum absolute atomic E-state index is 6.03. The maximum Gasteiger partial charge on any atom is 0.130 e. The number of nitrogens with zero attached hydrogens (tertiary/aromatic N) is 1. The summed E-state index contributed by atoms with van der Waals surface area (Å²) in [5.74, 6) is 2.84. The Morgan fingerprint density at radius 1 is 1.40 bits per heavy atom. The Morgan fingerprint density at radius 3 is 2.73 bits per heavy atom. The van der Waals surface area contributed by atoms with E-state index in [1.165, 1.54) is 6.42 Å². The van der Waals surface area contributed by atoms with E-state index in [9.17, 15) is 0 Å². The van der Waals surface area contributed by atoms with Crippen molar-refractivity contribution >= 4 is 35.0 Å². The molecule has 0 unspecified atom stereocenters. The molecule has 0 saturated carbocycles. The first kappa shape index (κ1) is 13.1. The smallest absolute Gasteiger partial charge is 0.130 e. The van der Waals surface area contributed by atoms with Crippen LogP contribution < -0.4 is 0 Å². The Hall–Kier alpha value is 0.0800. The average molecular weight is 264 g/mol. The number of pyridine rings is 1. The summed E-state index contributed by atoms with van der Waals surface area (Å²) in [6.07, 6.45) is 3.00.